The molecule has 0 aromatic heterocycles. The van der Waals surface area contributed by atoms with Crippen molar-refractivity contribution in [1.82, 2.24) is 4.90 Å². The van der Waals surface area contributed by atoms with Gasteiger partial charge in [0.2, 0.25) is 0 Å². The molecule has 2 nitrogen and oxygen atoms in total. The second-order valence-corrected chi connectivity index (χ2v) is 3.07. The van der Waals surface area contributed by atoms with E-state index in [0.717, 1.165) is 25.9 Å². The van der Waals surface area contributed by atoms with E-state index >= 15 is 0 Å². The van der Waals surface area contributed by atoms with Crippen LogP contribution in [-0.4, -0.2) is 35.7 Å². The van der Waals surface area contributed by atoms with Gasteiger partial charge in [0.15, 0.2) is 0 Å². The maximum Gasteiger partial charge on any atom is 0.0783 e. The number of β-amino-alcohol motifs (C(OH)–C–C–N with tert-alkyl or cyclic N) is 1. The SMILES string of the molecule is CCC1(O)CCN(C)C1. The summed E-state index contributed by atoms with van der Waals surface area (Å²) in [4.78, 5) is 2.17. The van der Waals surface area contributed by atoms with Crippen LogP contribution >= 0.6 is 0 Å². The Bertz CT molecular complexity index is 105. The minimum atomic E-state index is -0.366. The van der Waals surface area contributed by atoms with E-state index in [-0.39, 0.29) is 5.60 Å². The second kappa shape index (κ2) is 2.27. The van der Waals surface area contributed by atoms with Crippen molar-refractivity contribution in [2.75, 3.05) is 20.1 Å². The molecule has 9 heavy (non-hydrogen) atoms. The normalized spacial score (nSPS) is 37.7. The van der Waals surface area contributed by atoms with Gasteiger partial charge in [0.25, 0.3) is 0 Å². The number of aliphatic hydroxyl groups is 1. The molecule has 1 N–H and O–H groups in total. The van der Waals surface area contributed by atoms with Crippen LogP contribution in [0.3, 0.4) is 0 Å². The molecule has 0 bridgehead atoms. The number of hydrogen-bond acceptors (Lipinski definition) is 2. The van der Waals surface area contributed by atoms with E-state index in [1.165, 1.54) is 0 Å². The fourth-order valence-corrected chi connectivity index (χ4v) is 1.35. The van der Waals surface area contributed by atoms with Crippen molar-refractivity contribution in [3.05, 3.63) is 0 Å². The van der Waals surface area contributed by atoms with E-state index in [0.29, 0.717) is 0 Å². The summed E-state index contributed by atoms with van der Waals surface area (Å²) >= 11 is 0. The van der Waals surface area contributed by atoms with Gasteiger partial charge in [-0.1, -0.05) is 6.92 Å². The molecule has 1 heterocycles. The molecule has 0 amide bonds. The van der Waals surface area contributed by atoms with E-state index in [2.05, 4.69) is 4.90 Å². The Morgan fingerprint density at radius 2 is 2.33 bits per heavy atom. The predicted molar refractivity (Wildman–Crippen MR) is 37.4 cm³/mol. The van der Waals surface area contributed by atoms with Crippen molar-refractivity contribution in [2.45, 2.75) is 25.4 Å². The molecule has 1 atom stereocenters. The summed E-state index contributed by atoms with van der Waals surface area (Å²) in [5, 5.41) is 9.63. The molecule has 1 aliphatic rings. The van der Waals surface area contributed by atoms with Gasteiger partial charge in [-0.05, 0) is 19.9 Å². The fraction of sp³-hybridized carbons (Fsp3) is 1.00. The summed E-state index contributed by atoms with van der Waals surface area (Å²) in [6.45, 7) is 3.94. The molecule has 0 aliphatic carbocycles. The minimum absolute atomic E-state index is 0.366. The summed E-state index contributed by atoms with van der Waals surface area (Å²) in [5.41, 5.74) is -0.366. The van der Waals surface area contributed by atoms with Gasteiger partial charge in [-0.2, -0.15) is 0 Å². The van der Waals surface area contributed by atoms with Crippen molar-refractivity contribution in [3.63, 3.8) is 0 Å². The Morgan fingerprint density at radius 3 is 2.56 bits per heavy atom. The summed E-state index contributed by atoms with van der Waals surface area (Å²) in [6.07, 6.45) is 1.83. The Kier molecular flexibility index (Phi) is 1.78. The van der Waals surface area contributed by atoms with E-state index in [4.69, 9.17) is 0 Å². The van der Waals surface area contributed by atoms with Crippen LogP contribution in [0.1, 0.15) is 19.8 Å². The fourth-order valence-electron chi connectivity index (χ4n) is 1.35. The zero-order chi connectivity index (χ0) is 6.91. The van der Waals surface area contributed by atoms with Gasteiger partial charge >= 0.3 is 0 Å². The third-order valence-corrected chi connectivity index (χ3v) is 2.18. The van der Waals surface area contributed by atoms with Crippen LogP contribution in [0.2, 0.25) is 0 Å². The molecule has 0 spiro atoms. The van der Waals surface area contributed by atoms with E-state index in [1.54, 1.807) is 0 Å². The highest BCUT2D eigenvalue weighted by Crippen LogP contribution is 2.22. The quantitative estimate of drug-likeness (QED) is 0.556. The molecule has 1 fully saturated rings. The molecule has 1 unspecified atom stereocenters. The average Bonchev–Trinajstić information content (AvgIpc) is 2.13. The van der Waals surface area contributed by atoms with Crippen molar-refractivity contribution >= 4 is 0 Å². The molecule has 1 rings (SSSR count). The third-order valence-electron chi connectivity index (χ3n) is 2.18. The van der Waals surface area contributed by atoms with Crippen LogP contribution in [0.15, 0.2) is 0 Å². The molecule has 54 valence electrons. The van der Waals surface area contributed by atoms with Gasteiger partial charge in [-0.3, -0.25) is 0 Å². The van der Waals surface area contributed by atoms with E-state index in [9.17, 15) is 5.11 Å². The second-order valence-electron chi connectivity index (χ2n) is 3.07. The molecular weight excluding hydrogens is 114 g/mol. The van der Waals surface area contributed by atoms with Crippen LogP contribution in [0.25, 0.3) is 0 Å². The molecule has 0 radical (unpaired) electrons. The molecule has 2 heteroatoms. The topological polar surface area (TPSA) is 23.5 Å². The van der Waals surface area contributed by atoms with Crippen LogP contribution in [0, 0.1) is 0 Å². The van der Waals surface area contributed by atoms with E-state index in [1.807, 2.05) is 14.0 Å². The van der Waals surface area contributed by atoms with Crippen LogP contribution in [0.5, 0.6) is 0 Å². The first-order valence-electron chi connectivity index (χ1n) is 3.57. The van der Waals surface area contributed by atoms with Crippen LogP contribution in [-0.2, 0) is 0 Å². The lowest BCUT2D eigenvalue weighted by molar-refractivity contribution is 0.0481. The lowest BCUT2D eigenvalue weighted by Crippen LogP contribution is -2.30. The smallest absolute Gasteiger partial charge is 0.0783 e. The Morgan fingerprint density at radius 1 is 1.67 bits per heavy atom. The molecule has 0 saturated carbocycles. The standard InChI is InChI=1S/C7H15NO/c1-3-7(9)4-5-8(2)6-7/h9H,3-6H2,1-2H3. The molecular formula is C7H15NO. The van der Waals surface area contributed by atoms with Crippen LogP contribution in [0.4, 0.5) is 0 Å². The summed E-state index contributed by atoms with van der Waals surface area (Å²) in [7, 11) is 2.05. The van der Waals surface area contributed by atoms with Gasteiger partial charge in [-0.25, -0.2) is 0 Å². The average molecular weight is 129 g/mol. The van der Waals surface area contributed by atoms with Gasteiger partial charge in [-0.15, -0.1) is 0 Å². The number of likely N-dealkylation sites (N-methyl/N-ethyl adjacent to an activating group) is 1. The van der Waals surface area contributed by atoms with Gasteiger partial charge < -0.3 is 10.0 Å². The zero-order valence-corrected chi connectivity index (χ0v) is 6.22. The first-order chi connectivity index (χ1) is 4.16. The first kappa shape index (κ1) is 7.03. The molecule has 0 aromatic carbocycles. The number of nitrogens with zero attached hydrogens (tertiary/aromatic N) is 1. The number of likely N-dealkylation sites (tertiary alicyclic amines) is 1. The largest absolute Gasteiger partial charge is 0.389 e. The lowest BCUT2D eigenvalue weighted by atomic mass is 10.0. The molecule has 1 aliphatic heterocycles. The first-order valence-corrected chi connectivity index (χ1v) is 3.57. The monoisotopic (exact) mass is 129 g/mol. The van der Waals surface area contributed by atoms with Crippen molar-refractivity contribution in [1.29, 1.82) is 0 Å². The van der Waals surface area contributed by atoms with Gasteiger partial charge in [0.05, 0.1) is 5.60 Å². The van der Waals surface area contributed by atoms with Gasteiger partial charge in [0, 0.05) is 13.1 Å². The maximum absolute atomic E-state index is 9.63. The molecule has 0 aromatic rings. The highest BCUT2D eigenvalue weighted by molar-refractivity contribution is 4.86. The third kappa shape index (κ3) is 1.43. The highest BCUT2D eigenvalue weighted by atomic mass is 16.3. The number of hydrogen-bond donors (Lipinski definition) is 1. The number of rotatable bonds is 1. The summed E-state index contributed by atoms with van der Waals surface area (Å²) in [5.74, 6) is 0. The van der Waals surface area contributed by atoms with Crippen LogP contribution < -0.4 is 0 Å². The van der Waals surface area contributed by atoms with Crippen molar-refractivity contribution in [2.24, 2.45) is 0 Å². The zero-order valence-electron chi connectivity index (χ0n) is 6.22. The highest BCUT2D eigenvalue weighted by Gasteiger charge is 2.31. The lowest BCUT2D eigenvalue weighted by Gasteiger charge is -2.19. The maximum atomic E-state index is 9.63. The van der Waals surface area contributed by atoms with Gasteiger partial charge in [0.1, 0.15) is 0 Å². The Hall–Kier alpha value is -0.0800. The predicted octanol–water partition coefficient (Wildman–Crippen LogP) is 0.463. The summed E-state index contributed by atoms with van der Waals surface area (Å²) in [6, 6.07) is 0. The van der Waals surface area contributed by atoms with E-state index < -0.39 is 0 Å². The Balaban J connectivity index is 2.45. The Labute approximate surface area is 56.5 Å². The molecule has 1 saturated heterocycles. The van der Waals surface area contributed by atoms with Crippen molar-refractivity contribution in [3.8, 4) is 0 Å². The summed E-state index contributed by atoms with van der Waals surface area (Å²) < 4.78 is 0. The minimum Gasteiger partial charge on any atom is -0.389 e. The van der Waals surface area contributed by atoms with Crippen molar-refractivity contribution < 1.29 is 5.11 Å².